The van der Waals surface area contributed by atoms with Gasteiger partial charge in [-0.3, -0.25) is 4.79 Å². The number of carboxylic acid groups (broad SMARTS) is 1. The van der Waals surface area contributed by atoms with E-state index in [0.29, 0.717) is 24.3 Å². The van der Waals surface area contributed by atoms with Gasteiger partial charge in [0, 0.05) is 6.54 Å². The molecule has 5 nitrogen and oxygen atoms in total. The molecule has 1 aromatic carbocycles. The fourth-order valence-corrected chi connectivity index (χ4v) is 1.85. The predicted octanol–water partition coefficient (Wildman–Crippen LogP) is 2.26. The van der Waals surface area contributed by atoms with Gasteiger partial charge in [-0.2, -0.15) is 0 Å². The number of hydrogen-bond acceptors (Lipinski definition) is 3. The van der Waals surface area contributed by atoms with Gasteiger partial charge in [0.05, 0.1) is 17.4 Å². The number of amides is 1. The van der Waals surface area contributed by atoms with Gasteiger partial charge in [0.15, 0.2) is 0 Å². The van der Waals surface area contributed by atoms with Crippen molar-refractivity contribution in [1.29, 1.82) is 0 Å². The Hall–Kier alpha value is -2.56. The second-order valence-electron chi connectivity index (χ2n) is 4.40. The van der Waals surface area contributed by atoms with E-state index < -0.39 is 5.97 Å². The highest BCUT2D eigenvalue weighted by molar-refractivity contribution is 5.95. The van der Waals surface area contributed by atoms with E-state index in [0.717, 1.165) is 5.56 Å². The summed E-state index contributed by atoms with van der Waals surface area (Å²) >= 11 is 0. The van der Waals surface area contributed by atoms with Crippen molar-refractivity contribution in [1.82, 2.24) is 5.32 Å². The van der Waals surface area contributed by atoms with E-state index in [1.54, 1.807) is 37.3 Å². The summed E-state index contributed by atoms with van der Waals surface area (Å²) in [5, 5.41) is 11.6. The molecule has 0 aliphatic carbocycles. The van der Waals surface area contributed by atoms with Crippen molar-refractivity contribution < 1.29 is 19.1 Å². The summed E-state index contributed by atoms with van der Waals surface area (Å²) in [6.07, 6.45) is 2.12. The molecule has 104 valence electrons. The first-order valence-corrected chi connectivity index (χ1v) is 6.22. The first kappa shape index (κ1) is 13.9. The quantitative estimate of drug-likeness (QED) is 0.875. The molecular formula is C15H15NO4. The number of carbonyl (C=O) groups excluding carboxylic acids is 1. The van der Waals surface area contributed by atoms with Crippen LogP contribution in [0, 0.1) is 6.92 Å². The maximum atomic E-state index is 11.8. The van der Waals surface area contributed by atoms with Crippen molar-refractivity contribution in [3.63, 3.8) is 0 Å². The molecule has 0 radical (unpaired) electrons. The summed E-state index contributed by atoms with van der Waals surface area (Å²) in [7, 11) is 0. The van der Waals surface area contributed by atoms with Crippen molar-refractivity contribution in [2.45, 2.75) is 13.3 Å². The predicted molar refractivity (Wildman–Crippen MR) is 72.9 cm³/mol. The Labute approximate surface area is 116 Å². The van der Waals surface area contributed by atoms with Crippen LogP contribution in [0.3, 0.4) is 0 Å². The van der Waals surface area contributed by atoms with Gasteiger partial charge in [0.2, 0.25) is 0 Å². The van der Waals surface area contributed by atoms with Crippen LogP contribution in [0.15, 0.2) is 41.0 Å². The largest absolute Gasteiger partial charge is 0.478 e. The molecule has 5 heteroatoms. The van der Waals surface area contributed by atoms with Gasteiger partial charge in [-0.25, -0.2) is 4.79 Å². The molecule has 2 N–H and O–H groups in total. The highest BCUT2D eigenvalue weighted by Crippen LogP contribution is 2.08. The monoisotopic (exact) mass is 273 g/mol. The summed E-state index contributed by atoms with van der Waals surface area (Å²) in [6, 6.07) is 8.24. The molecule has 0 saturated carbocycles. The van der Waals surface area contributed by atoms with Gasteiger partial charge in [-0.1, -0.05) is 12.1 Å². The highest BCUT2D eigenvalue weighted by atomic mass is 16.4. The van der Waals surface area contributed by atoms with Crippen molar-refractivity contribution in [2.24, 2.45) is 0 Å². The number of carbonyl (C=O) groups is 2. The van der Waals surface area contributed by atoms with Crippen molar-refractivity contribution >= 4 is 11.9 Å². The molecule has 20 heavy (non-hydrogen) atoms. The third kappa shape index (κ3) is 3.26. The van der Waals surface area contributed by atoms with E-state index in [1.165, 1.54) is 6.26 Å². The SMILES string of the molecule is Cc1occc1C(=O)NCCc1ccc(C(=O)O)cc1. The first-order chi connectivity index (χ1) is 9.58. The van der Waals surface area contributed by atoms with Crippen LogP contribution >= 0.6 is 0 Å². The smallest absolute Gasteiger partial charge is 0.335 e. The van der Waals surface area contributed by atoms with Crippen LogP contribution in [0.25, 0.3) is 0 Å². The summed E-state index contributed by atoms with van der Waals surface area (Å²) in [5.41, 5.74) is 1.76. The van der Waals surface area contributed by atoms with Gasteiger partial charge in [-0.05, 0) is 37.1 Å². The van der Waals surface area contributed by atoms with Crippen LogP contribution in [0.4, 0.5) is 0 Å². The maximum absolute atomic E-state index is 11.8. The topological polar surface area (TPSA) is 79.5 Å². The molecule has 1 amide bonds. The highest BCUT2D eigenvalue weighted by Gasteiger charge is 2.10. The van der Waals surface area contributed by atoms with E-state index in [2.05, 4.69) is 5.32 Å². The van der Waals surface area contributed by atoms with Gasteiger partial charge in [-0.15, -0.1) is 0 Å². The summed E-state index contributed by atoms with van der Waals surface area (Å²) < 4.78 is 5.07. The van der Waals surface area contributed by atoms with E-state index in [9.17, 15) is 9.59 Å². The van der Waals surface area contributed by atoms with Crippen LogP contribution in [0.5, 0.6) is 0 Å². The number of furan rings is 1. The van der Waals surface area contributed by atoms with Crippen molar-refractivity contribution in [3.8, 4) is 0 Å². The molecule has 1 heterocycles. The molecule has 0 saturated heterocycles. The van der Waals surface area contributed by atoms with Gasteiger partial charge in [0.25, 0.3) is 5.91 Å². The van der Waals surface area contributed by atoms with Gasteiger partial charge >= 0.3 is 5.97 Å². The lowest BCUT2D eigenvalue weighted by molar-refractivity contribution is 0.0696. The zero-order valence-electron chi connectivity index (χ0n) is 11.1. The molecule has 0 bridgehead atoms. The summed E-state index contributed by atoms with van der Waals surface area (Å²) in [4.78, 5) is 22.5. The normalized spacial score (nSPS) is 10.2. The van der Waals surface area contributed by atoms with E-state index in [4.69, 9.17) is 9.52 Å². The van der Waals surface area contributed by atoms with Crippen molar-refractivity contribution in [3.05, 3.63) is 59.0 Å². The molecule has 0 aliphatic rings. The number of aromatic carboxylic acids is 1. The van der Waals surface area contributed by atoms with E-state index in [1.807, 2.05) is 0 Å². The number of rotatable bonds is 5. The number of benzene rings is 1. The molecule has 0 unspecified atom stereocenters. The van der Waals surface area contributed by atoms with Gasteiger partial charge < -0.3 is 14.8 Å². The molecule has 2 aromatic rings. The van der Waals surface area contributed by atoms with Crippen LogP contribution in [0.2, 0.25) is 0 Å². The Kier molecular flexibility index (Phi) is 4.20. The lowest BCUT2D eigenvalue weighted by Gasteiger charge is -2.05. The van der Waals surface area contributed by atoms with E-state index in [-0.39, 0.29) is 11.5 Å². The standard InChI is InChI=1S/C15H15NO4/c1-10-13(7-9-20-10)14(17)16-8-6-11-2-4-12(5-3-11)15(18)19/h2-5,7,9H,6,8H2,1H3,(H,16,17)(H,18,19). The van der Waals surface area contributed by atoms with Crippen LogP contribution in [-0.2, 0) is 6.42 Å². The minimum absolute atomic E-state index is 0.168. The van der Waals surface area contributed by atoms with Gasteiger partial charge in [0.1, 0.15) is 5.76 Å². The summed E-state index contributed by atoms with van der Waals surface area (Å²) in [6.45, 7) is 2.22. The first-order valence-electron chi connectivity index (χ1n) is 6.22. The molecule has 0 spiro atoms. The number of carboxylic acids is 1. The number of aryl methyl sites for hydroxylation is 1. The average molecular weight is 273 g/mol. The Bertz CT molecular complexity index is 613. The van der Waals surface area contributed by atoms with Crippen LogP contribution in [-0.4, -0.2) is 23.5 Å². The molecule has 0 fully saturated rings. The Balaban J connectivity index is 1.85. The fourth-order valence-electron chi connectivity index (χ4n) is 1.85. The summed E-state index contributed by atoms with van der Waals surface area (Å²) in [5.74, 6) is -0.521. The van der Waals surface area contributed by atoms with Crippen LogP contribution < -0.4 is 5.32 Å². The van der Waals surface area contributed by atoms with E-state index >= 15 is 0 Å². The Morgan fingerprint density at radius 2 is 1.90 bits per heavy atom. The molecular weight excluding hydrogens is 258 g/mol. The number of nitrogens with one attached hydrogen (secondary N) is 1. The Morgan fingerprint density at radius 3 is 2.45 bits per heavy atom. The molecule has 0 atom stereocenters. The second-order valence-corrected chi connectivity index (χ2v) is 4.40. The van der Waals surface area contributed by atoms with Crippen molar-refractivity contribution in [2.75, 3.05) is 6.54 Å². The minimum Gasteiger partial charge on any atom is -0.478 e. The maximum Gasteiger partial charge on any atom is 0.335 e. The van der Waals surface area contributed by atoms with Crippen LogP contribution in [0.1, 0.15) is 32.0 Å². The zero-order chi connectivity index (χ0) is 14.5. The fraction of sp³-hybridized carbons (Fsp3) is 0.200. The second kappa shape index (κ2) is 6.06. The third-order valence-electron chi connectivity index (χ3n) is 3.00. The lowest BCUT2D eigenvalue weighted by atomic mass is 10.1. The molecule has 0 aliphatic heterocycles. The third-order valence-corrected chi connectivity index (χ3v) is 3.00. The molecule has 1 aromatic heterocycles. The average Bonchev–Trinajstić information content (AvgIpc) is 2.85. The zero-order valence-corrected chi connectivity index (χ0v) is 11.1. The Morgan fingerprint density at radius 1 is 1.20 bits per heavy atom. The minimum atomic E-state index is -0.944. The number of hydrogen-bond donors (Lipinski definition) is 2. The lowest BCUT2D eigenvalue weighted by Crippen LogP contribution is -2.25. The molecule has 2 rings (SSSR count).